The van der Waals surface area contributed by atoms with Crippen LogP contribution in [0.5, 0.6) is 0 Å². The van der Waals surface area contributed by atoms with E-state index in [-0.39, 0.29) is 23.9 Å². The SMILES string of the molecule is CCCCCCCC(=O)N(CCOC)CC(=O)N(Cc1cccn1Cc1cccc(C)c1)C(C)(C)C. The maximum absolute atomic E-state index is 13.6. The molecule has 0 saturated heterocycles. The van der Waals surface area contributed by atoms with Crippen LogP contribution < -0.4 is 0 Å². The fourth-order valence-corrected chi connectivity index (χ4v) is 4.40. The second-order valence-electron chi connectivity index (χ2n) is 10.7. The third kappa shape index (κ3) is 9.81. The van der Waals surface area contributed by atoms with Crippen molar-refractivity contribution in [3.05, 3.63) is 59.4 Å². The van der Waals surface area contributed by atoms with E-state index in [0.717, 1.165) is 31.5 Å². The van der Waals surface area contributed by atoms with Crippen LogP contribution >= 0.6 is 0 Å². The zero-order chi connectivity index (χ0) is 26.6. The summed E-state index contributed by atoms with van der Waals surface area (Å²) in [6.45, 7) is 12.6. The number of amides is 2. The molecule has 0 N–H and O–H groups in total. The van der Waals surface area contributed by atoms with E-state index >= 15 is 0 Å². The zero-order valence-corrected chi connectivity index (χ0v) is 23.4. The predicted molar refractivity (Wildman–Crippen MR) is 147 cm³/mol. The molecule has 36 heavy (non-hydrogen) atoms. The molecule has 0 spiro atoms. The average molecular weight is 498 g/mol. The van der Waals surface area contributed by atoms with Gasteiger partial charge in [-0.1, -0.05) is 62.4 Å². The second kappa shape index (κ2) is 14.8. The highest BCUT2D eigenvalue weighted by Gasteiger charge is 2.29. The van der Waals surface area contributed by atoms with Gasteiger partial charge in [0.15, 0.2) is 0 Å². The van der Waals surface area contributed by atoms with Crippen LogP contribution in [0.2, 0.25) is 0 Å². The molecular weight excluding hydrogens is 450 g/mol. The molecule has 1 heterocycles. The smallest absolute Gasteiger partial charge is 0.242 e. The molecule has 1 aromatic carbocycles. The van der Waals surface area contributed by atoms with Gasteiger partial charge < -0.3 is 19.1 Å². The van der Waals surface area contributed by atoms with E-state index in [2.05, 4.69) is 54.9 Å². The van der Waals surface area contributed by atoms with Gasteiger partial charge in [-0.2, -0.15) is 0 Å². The number of unbranched alkanes of at least 4 members (excludes halogenated alkanes) is 4. The second-order valence-corrected chi connectivity index (χ2v) is 10.7. The van der Waals surface area contributed by atoms with Crippen LogP contribution in [0.3, 0.4) is 0 Å². The summed E-state index contributed by atoms with van der Waals surface area (Å²) >= 11 is 0. The lowest BCUT2D eigenvalue weighted by Gasteiger charge is -2.37. The Hall–Kier alpha value is -2.60. The Morgan fingerprint density at radius 3 is 2.42 bits per heavy atom. The number of aromatic nitrogens is 1. The van der Waals surface area contributed by atoms with Gasteiger partial charge in [-0.15, -0.1) is 0 Å². The van der Waals surface area contributed by atoms with E-state index in [1.165, 1.54) is 24.0 Å². The number of ether oxygens (including phenoxy) is 1. The Morgan fingerprint density at radius 2 is 1.75 bits per heavy atom. The van der Waals surface area contributed by atoms with Crippen LogP contribution in [0, 0.1) is 6.92 Å². The summed E-state index contributed by atoms with van der Waals surface area (Å²) in [5.74, 6) is -0.00479. The molecule has 6 heteroatoms. The molecule has 2 amide bonds. The van der Waals surface area contributed by atoms with Crippen molar-refractivity contribution in [2.45, 2.75) is 91.8 Å². The number of rotatable bonds is 15. The number of aryl methyl sites for hydroxylation is 1. The maximum Gasteiger partial charge on any atom is 0.242 e. The highest BCUT2D eigenvalue weighted by Crippen LogP contribution is 2.20. The van der Waals surface area contributed by atoms with E-state index < -0.39 is 0 Å². The van der Waals surface area contributed by atoms with E-state index in [1.54, 1.807) is 12.0 Å². The van der Waals surface area contributed by atoms with Crippen LogP contribution in [-0.2, 0) is 27.4 Å². The first-order chi connectivity index (χ1) is 17.2. The minimum Gasteiger partial charge on any atom is -0.383 e. The molecule has 2 rings (SSSR count). The molecule has 0 fully saturated rings. The molecular formula is C30H47N3O3. The zero-order valence-electron chi connectivity index (χ0n) is 23.4. The maximum atomic E-state index is 13.6. The normalized spacial score (nSPS) is 11.5. The summed E-state index contributed by atoms with van der Waals surface area (Å²) in [5.41, 5.74) is 3.16. The van der Waals surface area contributed by atoms with Crippen molar-refractivity contribution >= 4 is 11.8 Å². The Morgan fingerprint density at radius 1 is 1.00 bits per heavy atom. The predicted octanol–water partition coefficient (Wildman–Crippen LogP) is 5.81. The number of carbonyl (C=O) groups excluding carboxylic acids is 2. The topological polar surface area (TPSA) is 54.8 Å². The summed E-state index contributed by atoms with van der Waals surface area (Å²) < 4.78 is 7.43. The molecule has 0 radical (unpaired) electrons. The monoisotopic (exact) mass is 497 g/mol. The summed E-state index contributed by atoms with van der Waals surface area (Å²) in [4.78, 5) is 30.2. The number of methoxy groups -OCH3 is 1. The first kappa shape index (κ1) is 29.6. The first-order valence-corrected chi connectivity index (χ1v) is 13.4. The van der Waals surface area contributed by atoms with Gasteiger partial charge in [-0.25, -0.2) is 0 Å². The number of hydrogen-bond donors (Lipinski definition) is 0. The fraction of sp³-hybridized carbons (Fsp3) is 0.600. The van der Waals surface area contributed by atoms with Gasteiger partial charge >= 0.3 is 0 Å². The Labute approximate surface area is 218 Å². The lowest BCUT2D eigenvalue weighted by Crippen LogP contribution is -2.50. The van der Waals surface area contributed by atoms with Crippen molar-refractivity contribution in [2.75, 3.05) is 26.8 Å². The molecule has 0 bridgehead atoms. The van der Waals surface area contributed by atoms with Crippen molar-refractivity contribution < 1.29 is 14.3 Å². The number of hydrogen-bond acceptors (Lipinski definition) is 3. The van der Waals surface area contributed by atoms with E-state index in [4.69, 9.17) is 4.74 Å². The van der Waals surface area contributed by atoms with E-state index in [9.17, 15) is 9.59 Å². The third-order valence-corrected chi connectivity index (χ3v) is 6.53. The molecule has 1 aromatic heterocycles. The quantitative estimate of drug-likeness (QED) is 0.292. The third-order valence-electron chi connectivity index (χ3n) is 6.53. The van der Waals surface area contributed by atoms with Crippen molar-refractivity contribution in [2.24, 2.45) is 0 Å². The van der Waals surface area contributed by atoms with E-state index in [0.29, 0.717) is 26.1 Å². The summed E-state index contributed by atoms with van der Waals surface area (Å²) in [6.07, 6.45) is 8.00. The van der Waals surface area contributed by atoms with Gasteiger partial charge in [0.1, 0.15) is 0 Å². The minimum atomic E-state index is -0.383. The van der Waals surface area contributed by atoms with Gasteiger partial charge in [0.2, 0.25) is 11.8 Å². The van der Waals surface area contributed by atoms with Crippen molar-refractivity contribution in [1.29, 1.82) is 0 Å². The van der Waals surface area contributed by atoms with Crippen LogP contribution in [-0.4, -0.2) is 58.5 Å². The molecule has 0 aliphatic rings. The Kier molecular flexibility index (Phi) is 12.2. The largest absolute Gasteiger partial charge is 0.383 e. The first-order valence-electron chi connectivity index (χ1n) is 13.4. The lowest BCUT2D eigenvalue weighted by atomic mass is 10.0. The van der Waals surface area contributed by atoms with Crippen LogP contribution in [0.1, 0.15) is 83.0 Å². The summed E-state index contributed by atoms with van der Waals surface area (Å²) in [7, 11) is 1.62. The van der Waals surface area contributed by atoms with Gasteiger partial charge in [0, 0.05) is 44.0 Å². The van der Waals surface area contributed by atoms with Crippen LogP contribution in [0.25, 0.3) is 0 Å². The molecule has 0 aliphatic carbocycles. The van der Waals surface area contributed by atoms with Gasteiger partial charge in [0.05, 0.1) is 19.7 Å². The van der Waals surface area contributed by atoms with Gasteiger partial charge in [0.25, 0.3) is 0 Å². The standard InChI is InChI=1S/C30H47N3O3/c1-7-8-9-10-11-17-28(34)32(19-20-36-6)24-29(35)33(30(3,4)5)23-27-16-13-18-31(27)22-26-15-12-14-25(2)21-26/h12-16,18,21H,7-11,17,19-20,22-24H2,1-6H3. The highest BCUT2D eigenvalue weighted by molar-refractivity contribution is 5.85. The highest BCUT2D eigenvalue weighted by atomic mass is 16.5. The lowest BCUT2D eigenvalue weighted by molar-refractivity contribution is -0.144. The molecule has 0 unspecified atom stereocenters. The van der Waals surface area contributed by atoms with Crippen LogP contribution in [0.15, 0.2) is 42.6 Å². The average Bonchev–Trinajstić information content (AvgIpc) is 3.25. The van der Waals surface area contributed by atoms with Crippen molar-refractivity contribution in [1.82, 2.24) is 14.4 Å². The summed E-state index contributed by atoms with van der Waals surface area (Å²) in [6, 6.07) is 12.6. The van der Waals surface area contributed by atoms with Crippen LogP contribution in [0.4, 0.5) is 0 Å². The molecule has 6 nitrogen and oxygen atoms in total. The molecule has 0 saturated carbocycles. The molecule has 2 aromatic rings. The van der Waals surface area contributed by atoms with E-state index in [1.807, 2.05) is 31.7 Å². The Balaban J connectivity index is 2.11. The molecule has 0 atom stereocenters. The minimum absolute atomic E-state index is 0.0357. The van der Waals surface area contributed by atoms with Crippen molar-refractivity contribution in [3.63, 3.8) is 0 Å². The number of carbonyl (C=O) groups is 2. The Bertz CT molecular complexity index is 945. The number of benzene rings is 1. The molecule has 200 valence electrons. The van der Waals surface area contributed by atoms with Crippen molar-refractivity contribution in [3.8, 4) is 0 Å². The fourth-order valence-electron chi connectivity index (χ4n) is 4.40. The van der Waals surface area contributed by atoms with Gasteiger partial charge in [-0.3, -0.25) is 9.59 Å². The summed E-state index contributed by atoms with van der Waals surface area (Å²) in [5, 5.41) is 0. The number of nitrogens with zero attached hydrogens (tertiary/aromatic N) is 3. The van der Waals surface area contributed by atoms with Gasteiger partial charge in [-0.05, 0) is 51.8 Å². The molecule has 0 aliphatic heterocycles.